The number of nitrogens with one attached hydrogen (secondary N) is 1. The Bertz CT molecular complexity index is 626. The number of allylic oxidation sites excluding steroid dienone is 7. The molecule has 0 aromatic carbocycles. The maximum Gasteiger partial charge on any atom is 0.0592 e. The molecule has 4 heteroatoms. The predicted octanol–water partition coefficient (Wildman–Crippen LogP) is 5.00. The van der Waals surface area contributed by atoms with Crippen molar-refractivity contribution in [3.63, 3.8) is 0 Å². The second kappa shape index (κ2) is 9.21. The lowest BCUT2D eigenvalue weighted by Gasteiger charge is -2.25. The summed E-state index contributed by atoms with van der Waals surface area (Å²) in [7, 11) is 0. The van der Waals surface area contributed by atoms with Crippen LogP contribution in [0.1, 0.15) is 33.6 Å². The lowest BCUT2D eigenvalue weighted by molar-refractivity contribution is -0.102. The molecule has 2 unspecified atom stereocenters. The third-order valence-electron chi connectivity index (χ3n) is 4.30. The van der Waals surface area contributed by atoms with E-state index in [1.54, 1.807) is 0 Å². The highest BCUT2D eigenvalue weighted by Crippen LogP contribution is 2.28. The lowest BCUT2D eigenvalue weighted by Crippen LogP contribution is -2.33. The van der Waals surface area contributed by atoms with Gasteiger partial charge in [0, 0.05) is 23.3 Å². The van der Waals surface area contributed by atoms with Crippen LogP contribution in [-0.2, 0) is 0 Å². The average molecular weight is 391 g/mol. The number of nitrogens with zero attached hydrogens (tertiary/aromatic N) is 1. The fourth-order valence-corrected chi connectivity index (χ4v) is 3.41. The summed E-state index contributed by atoms with van der Waals surface area (Å²) in [5, 5.41) is 15.4. The Kier molecular flexibility index (Phi) is 7.28. The van der Waals surface area contributed by atoms with Gasteiger partial charge in [0.15, 0.2) is 0 Å². The second-order valence-corrected chi connectivity index (χ2v) is 7.08. The molecule has 24 heavy (non-hydrogen) atoms. The first kappa shape index (κ1) is 19.0. The fraction of sp³-hybridized carbons (Fsp3) is 0.400. The van der Waals surface area contributed by atoms with Crippen molar-refractivity contribution in [1.29, 1.82) is 0 Å². The van der Waals surface area contributed by atoms with Gasteiger partial charge in [-0.15, -0.1) is 0 Å². The van der Waals surface area contributed by atoms with Crippen LogP contribution < -0.4 is 5.32 Å². The minimum atomic E-state index is -0.0823. The molecule has 0 saturated heterocycles. The van der Waals surface area contributed by atoms with Crippen molar-refractivity contribution in [2.24, 2.45) is 0 Å². The van der Waals surface area contributed by atoms with Gasteiger partial charge >= 0.3 is 0 Å². The normalized spacial score (nSPS) is 24.0. The summed E-state index contributed by atoms with van der Waals surface area (Å²) in [5.41, 5.74) is 3.47. The molecule has 2 N–H and O–H groups in total. The average Bonchev–Trinajstić information content (AvgIpc) is 2.76. The molecule has 0 spiro atoms. The van der Waals surface area contributed by atoms with Gasteiger partial charge in [0.25, 0.3) is 0 Å². The summed E-state index contributed by atoms with van der Waals surface area (Å²) in [6, 6.07) is 0.163. The summed E-state index contributed by atoms with van der Waals surface area (Å²) in [4.78, 5) is 0. The molecule has 0 radical (unpaired) electrons. The molecule has 1 heterocycles. The Balaban J connectivity index is 2.10. The predicted molar refractivity (Wildman–Crippen MR) is 105 cm³/mol. The molecular formula is C20H27BrN2O. The minimum absolute atomic E-state index is 0.0823. The standard InChI is InChI=1S/C20H27BrN2O/c1-4-9-18(21)12-19-15(2)22-13-20(19)16(3)23(24)14-17-10-7-5-6-8-11-17/h5-7,9-13,15-16,22,24H,4,8,14H2,1-3H3/b18-9+,19-12+. The quantitative estimate of drug-likeness (QED) is 0.626. The molecule has 2 rings (SSSR count). The monoisotopic (exact) mass is 390 g/mol. The Hall–Kier alpha value is -1.36. The summed E-state index contributed by atoms with van der Waals surface area (Å²) < 4.78 is 1.08. The first-order valence-electron chi connectivity index (χ1n) is 8.54. The van der Waals surface area contributed by atoms with Crippen molar-refractivity contribution in [1.82, 2.24) is 10.4 Å². The van der Waals surface area contributed by atoms with E-state index in [0.29, 0.717) is 6.54 Å². The minimum Gasteiger partial charge on any atom is -0.384 e. The van der Waals surface area contributed by atoms with Crippen LogP contribution in [-0.4, -0.2) is 28.9 Å². The molecule has 0 bridgehead atoms. The van der Waals surface area contributed by atoms with E-state index in [1.165, 1.54) is 10.6 Å². The van der Waals surface area contributed by atoms with Gasteiger partial charge in [0.1, 0.15) is 0 Å². The fourth-order valence-electron chi connectivity index (χ4n) is 2.84. The number of hydroxylamine groups is 2. The van der Waals surface area contributed by atoms with E-state index in [4.69, 9.17) is 0 Å². The molecular weight excluding hydrogens is 364 g/mol. The highest BCUT2D eigenvalue weighted by atomic mass is 79.9. The van der Waals surface area contributed by atoms with Crippen molar-refractivity contribution in [3.8, 4) is 0 Å². The third-order valence-corrected chi connectivity index (χ3v) is 4.85. The Morgan fingerprint density at radius 2 is 2.29 bits per heavy atom. The zero-order chi connectivity index (χ0) is 17.5. The second-order valence-electron chi connectivity index (χ2n) is 6.16. The smallest absolute Gasteiger partial charge is 0.0592 e. The highest BCUT2D eigenvalue weighted by Gasteiger charge is 2.26. The molecule has 0 fully saturated rings. The van der Waals surface area contributed by atoms with Crippen molar-refractivity contribution in [2.75, 3.05) is 6.54 Å². The first-order valence-corrected chi connectivity index (χ1v) is 9.33. The van der Waals surface area contributed by atoms with E-state index >= 15 is 0 Å². The van der Waals surface area contributed by atoms with Crippen LogP contribution in [0.25, 0.3) is 0 Å². The topological polar surface area (TPSA) is 35.5 Å². The summed E-state index contributed by atoms with van der Waals surface area (Å²) in [5.74, 6) is 0. The van der Waals surface area contributed by atoms with Crippen LogP contribution in [0.2, 0.25) is 0 Å². The Labute approximate surface area is 153 Å². The van der Waals surface area contributed by atoms with Gasteiger partial charge in [0.05, 0.1) is 6.04 Å². The first-order chi connectivity index (χ1) is 11.5. The van der Waals surface area contributed by atoms with Crippen LogP contribution in [0.3, 0.4) is 0 Å². The van der Waals surface area contributed by atoms with E-state index in [9.17, 15) is 5.21 Å². The van der Waals surface area contributed by atoms with Crippen LogP contribution in [0.4, 0.5) is 0 Å². The molecule has 2 aliphatic rings. The number of hydrogen-bond acceptors (Lipinski definition) is 3. The van der Waals surface area contributed by atoms with Gasteiger partial charge in [-0.05, 0) is 49.5 Å². The van der Waals surface area contributed by atoms with Gasteiger partial charge in [-0.2, -0.15) is 5.06 Å². The van der Waals surface area contributed by atoms with Gasteiger partial charge in [-0.1, -0.05) is 59.3 Å². The van der Waals surface area contributed by atoms with Crippen LogP contribution >= 0.6 is 15.9 Å². The maximum absolute atomic E-state index is 10.6. The van der Waals surface area contributed by atoms with E-state index in [1.807, 2.05) is 25.3 Å². The van der Waals surface area contributed by atoms with Gasteiger partial charge in [0.2, 0.25) is 0 Å². The summed E-state index contributed by atoms with van der Waals surface area (Å²) >= 11 is 3.61. The molecule has 3 nitrogen and oxygen atoms in total. The molecule has 0 saturated carbocycles. The Morgan fingerprint density at radius 1 is 1.50 bits per heavy atom. The molecule has 0 amide bonds. The Morgan fingerprint density at radius 3 is 3.04 bits per heavy atom. The number of hydrogen-bond donors (Lipinski definition) is 2. The van der Waals surface area contributed by atoms with Gasteiger partial charge < -0.3 is 10.5 Å². The number of halogens is 1. The maximum atomic E-state index is 10.6. The summed E-state index contributed by atoms with van der Waals surface area (Å²) in [6.07, 6.45) is 18.6. The zero-order valence-electron chi connectivity index (χ0n) is 14.7. The van der Waals surface area contributed by atoms with E-state index in [-0.39, 0.29) is 12.1 Å². The van der Waals surface area contributed by atoms with Crippen molar-refractivity contribution >= 4 is 15.9 Å². The summed E-state index contributed by atoms with van der Waals surface area (Å²) in [6.45, 7) is 6.81. The van der Waals surface area contributed by atoms with Gasteiger partial charge in [-0.25, -0.2) is 0 Å². The number of rotatable bonds is 6. The van der Waals surface area contributed by atoms with E-state index < -0.39 is 0 Å². The third kappa shape index (κ3) is 5.07. The van der Waals surface area contributed by atoms with Crippen molar-refractivity contribution in [3.05, 3.63) is 69.9 Å². The molecule has 1 aliphatic heterocycles. The van der Waals surface area contributed by atoms with Crippen LogP contribution in [0, 0.1) is 0 Å². The molecule has 2 atom stereocenters. The largest absolute Gasteiger partial charge is 0.384 e. The molecule has 0 aromatic rings. The highest BCUT2D eigenvalue weighted by molar-refractivity contribution is 9.11. The van der Waals surface area contributed by atoms with Crippen LogP contribution in [0.5, 0.6) is 0 Å². The molecule has 0 aromatic heterocycles. The molecule has 1 aliphatic carbocycles. The van der Waals surface area contributed by atoms with Crippen LogP contribution in [0.15, 0.2) is 69.9 Å². The van der Waals surface area contributed by atoms with Crippen molar-refractivity contribution in [2.45, 2.75) is 45.7 Å². The van der Waals surface area contributed by atoms with Crippen molar-refractivity contribution < 1.29 is 5.21 Å². The zero-order valence-corrected chi connectivity index (χ0v) is 16.3. The SMILES string of the molecule is CC/C=C(Br)\C=C1\C(C(C)N(O)CC2=CCC=CC=C2)=CNC1C. The lowest BCUT2D eigenvalue weighted by atomic mass is 9.97. The van der Waals surface area contributed by atoms with E-state index in [0.717, 1.165) is 28.5 Å². The van der Waals surface area contributed by atoms with E-state index in [2.05, 4.69) is 65.5 Å². The molecule has 130 valence electrons. The van der Waals surface area contributed by atoms with Gasteiger partial charge in [-0.3, -0.25) is 0 Å².